The highest BCUT2D eigenvalue weighted by atomic mass is 19.3. The van der Waals surface area contributed by atoms with Crippen molar-refractivity contribution in [3.63, 3.8) is 0 Å². The molecule has 0 atom stereocenters. The van der Waals surface area contributed by atoms with E-state index in [0.29, 0.717) is 37.1 Å². The average molecular weight is 449 g/mol. The van der Waals surface area contributed by atoms with Gasteiger partial charge in [0, 0.05) is 63.4 Å². The predicted molar refractivity (Wildman–Crippen MR) is 120 cm³/mol. The second kappa shape index (κ2) is 9.32. The monoisotopic (exact) mass is 448 g/mol. The molecule has 1 aliphatic heterocycles. The molecule has 2 aromatic heterocycles. The van der Waals surface area contributed by atoms with Crippen LogP contribution in [0.2, 0.25) is 0 Å². The second-order valence-electron chi connectivity index (χ2n) is 7.88. The molecule has 0 aromatic carbocycles. The van der Waals surface area contributed by atoms with Gasteiger partial charge >= 0.3 is 5.92 Å². The number of fused-ring (bicyclic) bond motifs is 2. The number of amides is 1. The third-order valence-electron chi connectivity index (χ3n) is 5.36. The van der Waals surface area contributed by atoms with E-state index in [9.17, 15) is 13.6 Å². The van der Waals surface area contributed by atoms with Gasteiger partial charge < -0.3 is 20.3 Å². The van der Waals surface area contributed by atoms with E-state index in [4.69, 9.17) is 4.74 Å². The summed E-state index contributed by atoms with van der Waals surface area (Å²) in [6.45, 7) is 7.66. The molecule has 0 saturated heterocycles. The number of rotatable bonds is 7. The van der Waals surface area contributed by atoms with Crippen molar-refractivity contribution in [2.24, 2.45) is 0 Å². The lowest BCUT2D eigenvalue weighted by molar-refractivity contribution is -0.114. The number of alkyl halides is 2. The maximum atomic E-state index is 14.1. The van der Waals surface area contributed by atoms with Gasteiger partial charge in [-0.25, -0.2) is 15.0 Å². The topological polar surface area (TPSA) is 92.3 Å². The molecule has 4 rings (SSSR count). The molecule has 1 fully saturated rings. The Balaban J connectivity index is 0.00000141. The first-order valence-corrected chi connectivity index (χ1v) is 10.8. The SMILES string of the molecule is CC.COCCNc1cc(N2CC3(CC3)c3cnc(NC(C)=O)cc32)nc(C(C)(F)F)n1. The van der Waals surface area contributed by atoms with Gasteiger partial charge in [0.05, 0.1) is 12.3 Å². The zero-order valence-corrected chi connectivity index (χ0v) is 19.1. The second-order valence-corrected chi connectivity index (χ2v) is 7.88. The summed E-state index contributed by atoms with van der Waals surface area (Å²) in [4.78, 5) is 25.9. The van der Waals surface area contributed by atoms with E-state index in [1.54, 1.807) is 25.4 Å². The molecule has 0 bridgehead atoms. The number of anilines is 4. The van der Waals surface area contributed by atoms with E-state index < -0.39 is 11.7 Å². The molecule has 10 heteroatoms. The zero-order chi connectivity index (χ0) is 23.5. The van der Waals surface area contributed by atoms with Gasteiger partial charge in [-0.05, 0) is 12.8 Å². The van der Waals surface area contributed by atoms with Crippen molar-refractivity contribution < 1.29 is 18.3 Å². The highest BCUT2D eigenvalue weighted by Crippen LogP contribution is 2.58. The number of methoxy groups -OCH3 is 1. The van der Waals surface area contributed by atoms with Crippen LogP contribution in [0.1, 0.15) is 51.9 Å². The molecule has 2 N–H and O–H groups in total. The molecule has 2 aromatic rings. The third-order valence-corrected chi connectivity index (χ3v) is 5.36. The van der Waals surface area contributed by atoms with Gasteiger partial charge in [0.15, 0.2) is 0 Å². The van der Waals surface area contributed by atoms with Crippen LogP contribution in [0.3, 0.4) is 0 Å². The average Bonchev–Trinajstić information content (AvgIpc) is 3.45. The van der Waals surface area contributed by atoms with Gasteiger partial charge in [-0.15, -0.1) is 0 Å². The molecule has 1 aliphatic carbocycles. The van der Waals surface area contributed by atoms with Crippen molar-refractivity contribution in [2.45, 2.75) is 51.9 Å². The lowest BCUT2D eigenvalue weighted by Crippen LogP contribution is -2.23. The highest BCUT2D eigenvalue weighted by molar-refractivity contribution is 5.89. The van der Waals surface area contributed by atoms with Crippen molar-refractivity contribution >= 4 is 29.0 Å². The number of carbonyl (C=O) groups is 1. The minimum Gasteiger partial charge on any atom is -0.383 e. The summed E-state index contributed by atoms with van der Waals surface area (Å²) < 4.78 is 33.2. The Labute approximate surface area is 186 Å². The molecule has 1 saturated carbocycles. The largest absolute Gasteiger partial charge is 0.383 e. The predicted octanol–water partition coefficient (Wildman–Crippen LogP) is 4.21. The van der Waals surface area contributed by atoms with Crippen LogP contribution >= 0.6 is 0 Å². The third kappa shape index (κ3) is 4.95. The number of pyridine rings is 1. The maximum Gasteiger partial charge on any atom is 0.303 e. The summed E-state index contributed by atoms with van der Waals surface area (Å²) in [5, 5.41) is 5.69. The molecule has 0 radical (unpaired) electrons. The fraction of sp³-hybridized carbons (Fsp3) is 0.545. The van der Waals surface area contributed by atoms with Gasteiger partial charge in [0.25, 0.3) is 0 Å². The van der Waals surface area contributed by atoms with E-state index in [2.05, 4.69) is 25.6 Å². The van der Waals surface area contributed by atoms with Crippen LogP contribution in [0.4, 0.5) is 31.9 Å². The maximum absolute atomic E-state index is 14.1. The van der Waals surface area contributed by atoms with E-state index in [1.165, 1.54) is 6.92 Å². The fourth-order valence-corrected chi connectivity index (χ4v) is 3.72. The molecule has 8 nitrogen and oxygen atoms in total. The number of aromatic nitrogens is 3. The fourth-order valence-electron chi connectivity index (χ4n) is 3.72. The highest BCUT2D eigenvalue weighted by Gasteiger charge is 2.52. The standard InChI is InChI=1S/C20H24F2N6O2.C2H6/c1-12(29)25-15-8-14-13(10-24-15)20(4-5-20)11-28(14)17-9-16(23-6-7-30-3)26-18(27-17)19(2,21)22;1-2/h8-10H,4-7,11H2,1-3H3,(H,23,26,27)(H,24,25,29);1-2H3. The zero-order valence-electron chi connectivity index (χ0n) is 19.1. The Bertz CT molecular complexity index is 975. The summed E-state index contributed by atoms with van der Waals surface area (Å²) in [5.41, 5.74) is 1.83. The van der Waals surface area contributed by atoms with E-state index in [-0.39, 0.29) is 11.3 Å². The number of nitrogens with zero attached hydrogens (tertiary/aromatic N) is 4. The normalized spacial score (nSPS) is 15.7. The summed E-state index contributed by atoms with van der Waals surface area (Å²) in [6, 6.07) is 3.43. The summed E-state index contributed by atoms with van der Waals surface area (Å²) in [7, 11) is 1.57. The van der Waals surface area contributed by atoms with Gasteiger partial charge in [-0.2, -0.15) is 8.78 Å². The van der Waals surface area contributed by atoms with Gasteiger partial charge in [0.2, 0.25) is 11.7 Å². The first-order chi connectivity index (χ1) is 15.2. The lowest BCUT2D eigenvalue weighted by Gasteiger charge is -2.22. The van der Waals surface area contributed by atoms with Gasteiger partial charge in [0.1, 0.15) is 17.5 Å². The summed E-state index contributed by atoms with van der Waals surface area (Å²) >= 11 is 0. The van der Waals surface area contributed by atoms with Crippen molar-refractivity contribution in [1.82, 2.24) is 15.0 Å². The van der Waals surface area contributed by atoms with Crippen molar-refractivity contribution in [3.05, 3.63) is 29.7 Å². The van der Waals surface area contributed by atoms with E-state index in [1.807, 2.05) is 18.7 Å². The smallest absolute Gasteiger partial charge is 0.303 e. The quantitative estimate of drug-likeness (QED) is 0.613. The molecule has 0 unspecified atom stereocenters. The first-order valence-electron chi connectivity index (χ1n) is 10.8. The van der Waals surface area contributed by atoms with Crippen LogP contribution in [0, 0.1) is 0 Å². The number of ether oxygens (including phenoxy) is 1. The summed E-state index contributed by atoms with van der Waals surface area (Å²) in [6.07, 6.45) is 3.76. The van der Waals surface area contributed by atoms with E-state index >= 15 is 0 Å². The minimum atomic E-state index is -3.19. The van der Waals surface area contributed by atoms with Gasteiger partial charge in [-0.3, -0.25) is 4.79 Å². The molecular formula is C22H30F2N6O2. The van der Waals surface area contributed by atoms with Crippen LogP contribution < -0.4 is 15.5 Å². The number of hydrogen-bond donors (Lipinski definition) is 2. The Morgan fingerprint density at radius 1 is 1.25 bits per heavy atom. The summed E-state index contributed by atoms with van der Waals surface area (Å²) in [5.74, 6) is -2.86. The minimum absolute atomic E-state index is 0.0411. The Morgan fingerprint density at radius 3 is 2.56 bits per heavy atom. The van der Waals surface area contributed by atoms with Crippen molar-refractivity contribution in [3.8, 4) is 0 Å². The number of carbonyl (C=O) groups excluding carboxylic acids is 1. The van der Waals surface area contributed by atoms with Crippen LogP contribution in [0.25, 0.3) is 0 Å². The molecular weight excluding hydrogens is 418 g/mol. The molecule has 1 amide bonds. The van der Waals surface area contributed by atoms with Crippen molar-refractivity contribution in [1.29, 1.82) is 0 Å². The molecule has 1 spiro atoms. The molecule has 2 aliphatic rings. The Hall–Kier alpha value is -2.88. The first kappa shape index (κ1) is 23.8. The lowest BCUT2D eigenvalue weighted by atomic mass is 10.0. The molecule has 174 valence electrons. The Kier molecular flexibility index (Phi) is 6.92. The Morgan fingerprint density at radius 2 is 1.97 bits per heavy atom. The van der Waals surface area contributed by atoms with Crippen LogP contribution in [0.5, 0.6) is 0 Å². The van der Waals surface area contributed by atoms with Crippen LogP contribution in [0.15, 0.2) is 18.3 Å². The number of nitrogens with one attached hydrogen (secondary N) is 2. The van der Waals surface area contributed by atoms with Crippen molar-refractivity contribution in [2.75, 3.05) is 42.3 Å². The molecule has 32 heavy (non-hydrogen) atoms. The number of halogens is 2. The van der Waals surface area contributed by atoms with E-state index in [0.717, 1.165) is 31.0 Å². The van der Waals surface area contributed by atoms with Gasteiger partial charge in [-0.1, -0.05) is 13.8 Å². The molecule has 3 heterocycles. The van der Waals surface area contributed by atoms with Crippen LogP contribution in [-0.4, -0.2) is 47.7 Å². The number of hydrogen-bond acceptors (Lipinski definition) is 7. The van der Waals surface area contributed by atoms with Crippen LogP contribution in [-0.2, 0) is 20.9 Å².